The van der Waals surface area contributed by atoms with Crippen LogP contribution in [0.4, 0.5) is 0 Å². The van der Waals surface area contributed by atoms with Crippen molar-refractivity contribution < 1.29 is 9.47 Å². The molecule has 7 rings (SSSR count). The summed E-state index contributed by atoms with van der Waals surface area (Å²) < 4.78 is 12.5. The lowest BCUT2D eigenvalue weighted by atomic mass is 9.43. The second-order valence-electron chi connectivity index (χ2n) is 9.74. The maximum atomic E-state index is 10.4. The summed E-state index contributed by atoms with van der Waals surface area (Å²) in [5.74, 6) is -1.04. The lowest BCUT2D eigenvalue weighted by Gasteiger charge is -2.66. The number of hydrogen-bond acceptors (Lipinski definition) is 6. The molecule has 7 aliphatic rings. The largest absolute Gasteiger partial charge is 0.447 e. The van der Waals surface area contributed by atoms with Crippen LogP contribution in [0.15, 0.2) is 11.6 Å². The molecule has 6 heteroatoms. The first-order valence-electron chi connectivity index (χ1n) is 10.2. The Bertz CT molecular complexity index is 918. The Morgan fingerprint density at radius 2 is 1.89 bits per heavy atom. The fourth-order valence-corrected chi connectivity index (χ4v) is 6.83. The molecule has 28 heavy (non-hydrogen) atoms. The average molecular weight is 376 g/mol. The van der Waals surface area contributed by atoms with E-state index in [0.29, 0.717) is 18.8 Å². The highest BCUT2D eigenvalue weighted by molar-refractivity contribution is 5.89. The lowest BCUT2D eigenvalue weighted by molar-refractivity contribution is -0.352. The van der Waals surface area contributed by atoms with Gasteiger partial charge in [0.25, 0.3) is 0 Å². The van der Waals surface area contributed by atoms with E-state index < -0.39 is 28.6 Å². The SMILES string of the molecule is CC1(C)[C@H]2CC=C([C@H]3O[C@]45CCCC[C@@H]4C(C#N)(C#N)[C@@]3(C#N)C(=N)O5)[C@@H]1C2. The molecule has 4 aliphatic carbocycles. The molecule has 3 saturated heterocycles. The molecule has 5 fully saturated rings. The Labute approximate surface area is 165 Å². The van der Waals surface area contributed by atoms with Crippen LogP contribution in [0.5, 0.6) is 0 Å². The van der Waals surface area contributed by atoms with E-state index in [4.69, 9.17) is 14.9 Å². The fraction of sp³-hybridized carbons (Fsp3) is 0.727. The molecule has 144 valence electrons. The lowest BCUT2D eigenvalue weighted by Crippen LogP contribution is -2.76. The van der Waals surface area contributed by atoms with Crippen molar-refractivity contribution in [2.24, 2.45) is 34.0 Å². The maximum absolute atomic E-state index is 10.4. The van der Waals surface area contributed by atoms with Gasteiger partial charge in [-0.2, -0.15) is 15.8 Å². The predicted molar refractivity (Wildman–Crippen MR) is 98.2 cm³/mol. The van der Waals surface area contributed by atoms with Gasteiger partial charge in [-0.15, -0.1) is 0 Å². The van der Waals surface area contributed by atoms with Crippen molar-refractivity contribution in [2.45, 2.75) is 64.3 Å². The molecule has 0 radical (unpaired) electrons. The highest BCUT2D eigenvalue weighted by Crippen LogP contribution is 2.69. The summed E-state index contributed by atoms with van der Waals surface area (Å²) in [6.45, 7) is 4.48. The summed E-state index contributed by atoms with van der Waals surface area (Å²) in [4.78, 5) is 0. The van der Waals surface area contributed by atoms with E-state index >= 15 is 0 Å². The molecule has 0 aromatic carbocycles. The number of fused-ring (bicyclic) bond motifs is 4. The quantitative estimate of drug-likeness (QED) is 0.699. The average Bonchev–Trinajstić information content (AvgIpc) is 2.71. The molecule has 2 saturated carbocycles. The minimum absolute atomic E-state index is 0.107. The van der Waals surface area contributed by atoms with Crippen LogP contribution >= 0.6 is 0 Å². The second kappa shape index (κ2) is 5.16. The summed E-state index contributed by atoms with van der Waals surface area (Å²) in [5.41, 5.74) is -2.24. The molecule has 0 aromatic rings. The van der Waals surface area contributed by atoms with Crippen molar-refractivity contribution >= 4 is 5.90 Å². The van der Waals surface area contributed by atoms with Crippen molar-refractivity contribution in [2.75, 3.05) is 0 Å². The van der Waals surface area contributed by atoms with Gasteiger partial charge >= 0.3 is 0 Å². The van der Waals surface area contributed by atoms with Crippen molar-refractivity contribution in [3.63, 3.8) is 0 Å². The van der Waals surface area contributed by atoms with Crippen LogP contribution in [0.1, 0.15) is 52.4 Å². The second-order valence-corrected chi connectivity index (χ2v) is 9.74. The summed E-state index contributed by atoms with van der Waals surface area (Å²) in [6.07, 6.45) is 6.21. The zero-order valence-corrected chi connectivity index (χ0v) is 16.3. The van der Waals surface area contributed by atoms with E-state index in [1.54, 1.807) is 0 Å². The molecule has 1 N–H and O–H groups in total. The molecular formula is C22H24N4O2. The number of nitrogens with one attached hydrogen (secondary N) is 1. The van der Waals surface area contributed by atoms with Gasteiger partial charge in [0.2, 0.25) is 11.7 Å². The van der Waals surface area contributed by atoms with Crippen molar-refractivity contribution in [3.8, 4) is 18.2 Å². The monoisotopic (exact) mass is 376 g/mol. The summed E-state index contributed by atoms with van der Waals surface area (Å²) in [6, 6.07) is 6.67. The Morgan fingerprint density at radius 3 is 2.50 bits per heavy atom. The summed E-state index contributed by atoms with van der Waals surface area (Å²) >= 11 is 0. The fourth-order valence-electron chi connectivity index (χ4n) is 6.83. The van der Waals surface area contributed by atoms with Gasteiger partial charge in [0.05, 0.1) is 24.1 Å². The van der Waals surface area contributed by atoms with E-state index in [-0.39, 0.29) is 17.2 Å². The number of nitrogens with zero attached hydrogens (tertiary/aromatic N) is 3. The van der Waals surface area contributed by atoms with Crippen molar-refractivity contribution in [1.29, 1.82) is 21.2 Å². The molecular weight excluding hydrogens is 352 g/mol. The minimum atomic E-state index is -1.72. The first-order chi connectivity index (χ1) is 13.3. The van der Waals surface area contributed by atoms with Crippen LogP contribution in [0.3, 0.4) is 0 Å². The summed E-state index contributed by atoms with van der Waals surface area (Å²) in [7, 11) is 0. The Morgan fingerprint density at radius 1 is 1.14 bits per heavy atom. The van der Waals surface area contributed by atoms with Gasteiger partial charge in [0, 0.05) is 6.42 Å². The standard InChI is InChI=1S/C22H24N4O2/c1-19(2)13-6-7-14(15(19)9-13)17-21(12-25)18(26)28-22(27-17)8-4-3-5-16(22)20(21,10-23)11-24/h7,13,15-17,26H,3-6,8-9H2,1-2H3/t13-,15-,16+,17+,21+,22-/m0/s1. The molecule has 6 nitrogen and oxygen atoms in total. The molecule has 3 heterocycles. The molecule has 0 aromatic heterocycles. The van der Waals surface area contributed by atoms with Crippen LogP contribution in [-0.2, 0) is 9.47 Å². The van der Waals surface area contributed by atoms with Gasteiger partial charge in [-0.05, 0) is 48.5 Å². The zero-order valence-electron chi connectivity index (χ0n) is 16.3. The van der Waals surface area contributed by atoms with Crippen molar-refractivity contribution in [1.82, 2.24) is 0 Å². The normalized spacial score (nSPS) is 46.5. The number of hydrogen-bond donors (Lipinski definition) is 1. The van der Waals surface area contributed by atoms with Gasteiger partial charge < -0.3 is 9.47 Å². The highest BCUT2D eigenvalue weighted by atomic mass is 16.7. The number of rotatable bonds is 1. The molecule has 1 spiro atoms. The van der Waals surface area contributed by atoms with E-state index in [1.165, 1.54) is 0 Å². The number of ether oxygens (including phenoxy) is 2. The predicted octanol–water partition coefficient (Wildman–Crippen LogP) is 3.82. The third-order valence-corrected chi connectivity index (χ3v) is 8.63. The smallest absolute Gasteiger partial charge is 0.218 e. The third-order valence-electron chi connectivity index (χ3n) is 8.63. The van der Waals surface area contributed by atoms with Gasteiger partial charge in [-0.25, -0.2) is 0 Å². The van der Waals surface area contributed by atoms with E-state index in [2.05, 4.69) is 38.1 Å². The van der Waals surface area contributed by atoms with E-state index in [9.17, 15) is 15.8 Å². The number of allylic oxidation sites excluding steroid dienone is 1. The molecule has 0 amide bonds. The minimum Gasteiger partial charge on any atom is -0.447 e. The third kappa shape index (κ3) is 1.61. The highest BCUT2D eigenvalue weighted by Gasteiger charge is 2.81. The first kappa shape index (κ1) is 17.7. The van der Waals surface area contributed by atoms with E-state index in [1.807, 2.05) is 0 Å². The van der Waals surface area contributed by atoms with Gasteiger partial charge in [-0.1, -0.05) is 26.3 Å². The first-order valence-corrected chi connectivity index (χ1v) is 10.2. The van der Waals surface area contributed by atoms with Crippen molar-refractivity contribution in [3.05, 3.63) is 11.6 Å². The van der Waals surface area contributed by atoms with E-state index in [0.717, 1.165) is 31.3 Å². The van der Waals surface area contributed by atoms with Crippen LogP contribution in [-0.4, -0.2) is 17.8 Å². The van der Waals surface area contributed by atoms with Crippen LogP contribution < -0.4 is 0 Å². The topological polar surface area (TPSA) is 114 Å². The van der Waals surface area contributed by atoms with Gasteiger partial charge in [0.15, 0.2) is 10.8 Å². The Balaban J connectivity index is 1.74. The summed E-state index contributed by atoms with van der Waals surface area (Å²) in [5, 5.41) is 39.6. The maximum Gasteiger partial charge on any atom is 0.218 e. The van der Waals surface area contributed by atoms with Crippen LogP contribution in [0, 0.1) is 73.4 Å². The van der Waals surface area contributed by atoms with Gasteiger partial charge in [-0.3, -0.25) is 5.41 Å². The van der Waals surface area contributed by atoms with Gasteiger partial charge in [0.1, 0.15) is 6.10 Å². The Hall–Kier alpha value is -2.36. The number of nitriles is 3. The molecule has 4 bridgehead atoms. The molecule has 0 unspecified atom stereocenters. The molecule has 3 aliphatic heterocycles. The Kier molecular flexibility index (Phi) is 3.27. The van der Waals surface area contributed by atoms with Crippen LogP contribution in [0.2, 0.25) is 0 Å². The molecule has 6 atom stereocenters. The van der Waals surface area contributed by atoms with Crippen LogP contribution in [0.25, 0.3) is 0 Å². The zero-order chi connectivity index (χ0) is 19.9.